The van der Waals surface area contributed by atoms with Gasteiger partial charge in [0.2, 0.25) is 5.91 Å². The Hall–Kier alpha value is -2.63. The number of ether oxygens (including phenoxy) is 1. The van der Waals surface area contributed by atoms with Crippen LogP contribution in [0.4, 0.5) is 0 Å². The molecule has 0 aliphatic heterocycles. The average molecular weight is 384 g/mol. The molecule has 2 aromatic rings. The highest BCUT2D eigenvalue weighted by atomic mass is 32.2. The van der Waals surface area contributed by atoms with Crippen LogP contribution in [-0.2, 0) is 35.0 Å². The van der Waals surface area contributed by atoms with Crippen LogP contribution in [0.1, 0.15) is 6.42 Å². The molecule has 0 aliphatic rings. The molecule has 0 unspecified atom stereocenters. The Balaban J connectivity index is 2.28. The second-order valence-corrected chi connectivity index (χ2v) is 6.54. The van der Waals surface area contributed by atoms with Crippen LogP contribution < -0.4 is 16.6 Å². The number of hydrogen-bond donors (Lipinski definition) is 1. The number of thioether (sulfide) groups is 1. The van der Waals surface area contributed by atoms with Crippen molar-refractivity contribution in [2.24, 2.45) is 14.1 Å². The van der Waals surface area contributed by atoms with Crippen LogP contribution in [-0.4, -0.2) is 61.2 Å². The number of nitrogens with zero attached hydrogens (tertiary/aromatic N) is 5. The van der Waals surface area contributed by atoms with E-state index >= 15 is 0 Å². The van der Waals surface area contributed by atoms with E-state index in [0.29, 0.717) is 12.2 Å². The largest absolute Gasteiger partial charge is 0.467 e. The minimum Gasteiger partial charge on any atom is -0.467 e. The van der Waals surface area contributed by atoms with Crippen molar-refractivity contribution in [3.8, 4) is 0 Å². The van der Waals surface area contributed by atoms with E-state index in [4.69, 9.17) is 4.74 Å². The summed E-state index contributed by atoms with van der Waals surface area (Å²) in [5.41, 5.74) is -1.03. The van der Waals surface area contributed by atoms with E-state index in [0.717, 1.165) is 9.25 Å². The third-order valence-corrected chi connectivity index (χ3v) is 4.49. The van der Waals surface area contributed by atoms with Crippen LogP contribution in [0, 0.1) is 0 Å². The summed E-state index contributed by atoms with van der Waals surface area (Å²) in [4.78, 5) is 48.3. The molecule has 0 saturated heterocycles. The summed E-state index contributed by atoms with van der Waals surface area (Å²) in [6.45, 7) is -0.323. The lowest BCUT2D eigenvalue weighted by molar-refractivity contribution is -0.145. The molecule has 0 saturated carbocycles. The number of rotatable bonds is 7. The van der Waals surface area contributed by atoms with Crippen molar-refractivity contribution in [2.45, 2.75) is 19.0 Å². The van der Waals surface area contributed by atoms with Gasteiger partial charge < -0.3 is 10.1 Å². The molecule has 1 atom stereocenters. The molecule has 2 aromatic heterocycles. The number of carbonyl (C=O) groups is 2. The summed E-state index contributed by atoms with van der Waals surface area (Å²) in [5.74, 6) is -0.409. The van der Waals surface area contributed by atoms with Gasteiger partial charge in [-0.3, -0.25) is 18.7 Å². The first kappa shape index (κ1) is 19.7. The van der Waals surface area contributed by atoms with Gasteiger partial charge >= 0.3 is 11.7 Å². The van der Waals surface area contributed by atoms with E-state index in [-0.39, 0.29) is 17.7 Å². The van der Waals surface area contributed by atoms with Crippen LogP contribution in [0.3, 0.4) is 0 Å². The van der Waals surface area contributed by atoms with Gasteiger partial charge in [0.1, 0.15) is 12.6 Å². The number of methoxy groups -OCH3 is 1. The van der Waals surface area contributed by atoms with Gasteiger partial charge in [-0.25, -0.2) is 14.3 Å². The van der Waals surface area contributed by atoms with Crippen LogP contribution in [0.5, 0.6) is 0 Å². The zero-order valence-electron chi connectivity index (χ0n) is 14.9. The topological polar surface area (TPSA) is 130 Å². The van der Waals surface area contributed by atoms with Gasteiger partial charge in [0.25, 0.3) is 5.56 Å². The van der Waals surface area contributed by atoms with Gasteiger partial charge in [-0.05, 0) is 18.4 Å². The highest BCUT2D eigenvalue weighted by molar-refractivity contribution is 7.98. The molecule has 1 amide bonds. The fraction of sp³-hybridized carbons (Fsp3) is 0.571. The first-order valence-corrected chi connectivity index (χ1v) is 9.06. The predicted octanol–water partition coefficient (Wildman–Crippen LogP) is -1.76. The Kier molecular flexibility index (Phi) is 6.18. The Morgan fingerprint density at radius 2 is 1.96 bits per heavy atom. The highest BCUT2D eigenvalue weighted by Gasteiger charge is 2.23. The van der Waals surface area contributed by atoms with Gasteiger partial charge in [0.15, 0.2) is 11.2 Å². The standard InChI is InChI=1S/C14H20N6O5S/c1-18-11-10(12(22)19(2)14(18)24)20(17-16-11)7-9(21)15-8(5-6-26-4)13(23)25-3/h8H,5-7H2,1-4H3,(H,15,21)/t8-/m0/s1. The lowest BCUT2D eigenvalue weighted by Crippen LogP contribution is -2.43. The minimum atomic E-state index is -0.790. The van der Waals surface area contributed by atoms with E-state index in [1.165, 1.54) is 37.5 Å². The first-order valence-electron chi connectivity index (χ1n) is 7.67. The van der Waals surface area contributed by atoms with Gasteiger partial charge in [0.05, 0.1) is 7.11 Å². The molecule has 1 N–H and O–H groups in total. The molecule has 0 radical (unpaired) electrons. The van der Waals surface area contributed by atoms with Crippen molar-refractivity contribution in [2.75, 3.05) is 19.1 Å². The molecule has 0 spiro atoms. The number of fused-ring (bicyclic) bond motifs is 1. The Morgan fingerprint density at radius 3 is 2.58 bits per heavy atom. The van der Waals surface area contributed by atoms with Gasteiger partial charge in [-0.1, -0.05) is 5.21 Å². The van der Waals surface area contributed by atoms with Crippen molar-refractivity contribution in [1.82, 2.24) is 29.4 Å². The quantitative estimate of drug-likeness (QED) is 0.556. The fourth-order valence-electron chi connectivity index (χ4n) is 2.41. The van der Waals surface area contributed by atoms with E-state index in [2.05, 4.69) is 15.6 Å². The molecule has 12 heteroatoms. The van der Waals surface area contributed by atoms with Crippen molar-refractivity contribution in [3.63, 3.8) is 0 Å². The molecule has 2 heterocycles. The molecule has 142 valence electrons. The van der Waals surface area contributed by atoms with Crippen LogP contribution >= 0.6 is 11.8 Å². The van der Waals surface area contributed by atoms with E-state index in [9.17, 15) is 19.2 Å². The maximum atomic E-state index is 12.3. The molecule has 0 bridgehead atoms. The summed E-state index contributed by atoms with van der Waals surface area (Å²) in [6, 6.07) is -0.790. The maximum Gasteiger partial charge on any atom is 0.332 e. The smallest absolute Gasteiger partial charge is 0.332 e. The van der Waals surface area contributed by atoms with Crippen LogP contribution in [0.2, 0.25) is 0 Å². The van der Waals surface area contributed by atoms with E-state index in [1.807, 2.05) is 6.26 Å². The SMILES string of the molecule is COC(=O)[C@H](CCSC)NC(=O)Cn1nnc2c1c(=O)n(C)c(=O)n2C. The fourth-order valence-corrected chi connectivity index (χ4v) is 2.88. The van der Waals surface area contributed by atoms with Crippen LogP contribution in [0.15, 0.2) is 9.59 Å². The normalized spacial score (nSPS) is 12.2. The maximum absolute atomic E-state index is 12.3. The number of nitrogens with one attached hydrogen (secondary N) is 1. The molecule has 2 rings (SSSR count). The first-order chi connectivity index (χ1) is 12.3. The molecule has 11 nitrogen and oxygen atoms in total. The Morgan fingerprint density at radius 1 is 1.27 bits per heavy atom. The molecule has 0 aromatic carbocycles. The van der Waals surface area contributed by atoms with Gasteiger partial charge in [-0.2, -0.15) is 11.8 Å². The zero-order valence-corrected chi connectivity index (χ0v) is 15.7. The lowest BCUT2D eigenvalue weighted by atomic mass is 10.2. The van der Waals surface area contributed by atoms with Gasteiger partial charge in [-0.15, -0.1) is 5.10 Å². The third kappa shape index (κ3) is 3.79. The van der Waals surface area contributed by atoms with Gasteiger partial charge in [0, 0.05) is 14.1 Å². The van der Waals surface area contributed by atoms with E-state index in [1.54, 1.807) is 0 Å². The van der Waals surface area contributed by atoms with Crippen molar-refractivity contribution in [3.05, 3.63) is 20.8 Å². The second-order valence-electron chi connectivity index (χ2n) is 5.55. The average Bonchev–Trinajstić information content (AvgIpc) is 3.04. The highest BCUT2D eigenvalue weighted by Crippen LogP contribution is 2.05. The number of esters is 1. The number of carbonyl (C=O) groups excluding carboxylic acids is 2. The number of hydrogen-bond acceptors (Lipinski definition) is 8. The summed E-state index contributed by atoms with van der Waals surface area (Å²) in [6.07, 6.45) is 2.30. The summed E-state index contributed by atoms with van der Waals surface area (Å²) in [7, 11) is 4.03. The monoisotopic (exact) mass is 384 g/mol. The van der Waals surface area contributed by atoms with Crippen molar-refractivity contribution < 1.29 is 14.3 Å². The second kappa shape index (κ2) is 8.17. The number of aryl methyl sites for hydroxylation is 1. The lowest BCUT2D eigenvalue weighted by Gasteiger charge is -2.16. The zero-order chi connectivity index (χ0) is 19.4. The third-order valence-electron chi connectivity index (χ3n) is 3.84. The summed E-state index contributed by atoms with van der Waals surface area (Å²) >= 11 is 1.54. The molecule has 0 fully saturated rings. The Labute approximate surface area is 152 Å². The molecule has 0 aliphatic carbocycles. The molecular weight excluding hydrogens is 364 g/mol. The molecule has 26 heavy (non-hydrogen) atoms. The van der Waals surface area contributed by atoms with Crippen LogP contribution in [0.25, 0.3) is 11.2 Å². The van der Waals surface area contributed by atoms with E-state index < -0.39 is 29.2 Å². The molecular formula is C14H20N6O5S. The van der Waals surface area contributed by atoms with Crippen molar-refractivity contribution >= 4 is 34.8 Å². The minimum absolute atomic E-state index is 0.0310. The van der Waals surface area contributed by atoms with Crippen molar-refractivity contribution in [1.29, 1.82) is 0 Å². The number of aromatic nitrogens is 5. The number of amides is 1. The summed E-state index contributed by atoms with van der Waals surface area (Å²) in [5, 5.41) is 10.2. The summed E-state index contributed by atoms with van der Waals surface area (Å²) < 4.78 is 7.88. The Bertz CT molecular complexity index is 946. The predicted molar refractivity (Wildman–Crippen MR) is 95.0 cm³/mol.